The summed E-state index contributed by atoms with van der Waals surface area (Å²) < 4.78 is 69.1. The summed E-state index contributed by atoms with van der Waals surface area (Å²) in [5.74, 6) is 0.649. The zero-order chi connectivity index (χ0) is 21.1. The zero-order valence-electron chi connectivity index (χ0n) is 16.1. The van der Waals surface area contributed by atoms with Crippen LogP contribution in [-0.4, -0.2) is 65.8 Å². The number of benzene rings is 1. The van der Waals surface area contributed by atoms with Crippen molar-refractivity contribution in [2.75, 3.05) is 39.5 Å². The number of nitrogens with one attached hydrogen (secondary N) is 1. The summed E-state index contributed by atoms with van der Waals surface area (Å²) in [7, 11) is -7.32. The smallest absolute Gasteiger partial charge is 0.246 e. The Morgan fingerprint density at radius 3 is 2.34 bits per heavy atom. The molecular weight excluding hydrogens is 422 g/mol. The van der Waals surface area contributed by atoms with Crippen molar-refractivity contribution < 1.29 is 30.8 Å². The van der Waals surface area contributed by atoms with Gasteiger partial charge in [-0.25, -0.2) is 21.6 Å². The van der Waals surface area contributed by atoms with E-state index in [1.165, 1.54) is 35.5 Å². The Balaban J connectivity index is 1.54. The van der Waals surface area contributed by atoms with Gasteiger partial charge in [-0.05, 0) is 38.1 Å². The first kappa shape index (κ1) is 21.7. The van der Waals surface area contributed by atoms with Gasteiger partial charge in [0.2, 0.25) is 20.0 Å². The van der Waals surface area contributed by atoms with E-state index in [2.05, 4.69) is 9.88 Å². The minimum atomic E-state index is -3.75. The fraction of sp³-hybridized carbons (Fsp3) is 0.471. The van der Waals surface area contributed by atoms with Gasteiger partial charge in [0.05, 0.1) is 18.1 Å². The largest absolute Gasteiger partial charge is 0.492 e. The first-order valence-corrected chi connectivity index (χ1v) is 11.9. The van der Waals surface area contributed by atoms with E-state index in [9.17, 15) is 16.8 Å². The topological polar surface area (TPSA) is 128 Å². The van der Waals surface area contributed by atoms with E-state index in [-0.39, 0.29) is 34.4 Å². The van der Waals surface area contributed by atoms with Crippen molar-refractivity contribution in [3.8, 4) is 5.75 Å². The summed E-state index contributed by atoms with van der Waals surface area (Å²) >= 11 is 0. The molecular formula is C17H23N3O7S2. The Morgan fingerprint density at radius 1 is 1.10 bits per heavy atom. The molecule has 160 valence electrons. The summed E-state index contributed by atoms with van der Waals surface area (Å²) in [4.78, 5) is 0.195. The highest BCUT2D eigenvalue weighted by Gasteiger charge is 2.26. The Morgan fingerprint density at radius 2 is 1.76 bits per heavy atom. The molecule has 2 heterocycles. The van der Waals surface area contributed by atoms with E-state index >= 15 is 0 Å². The van der Waals surface area contributed by atoms with Crippen LogP contribution in [0.4, 0.5) is 0 Å². The number of ether oxygens (including phenoxy) is 2. The number of aryl methyl sites for hydroxylation is 2. The Bertz CT molecular complexity index is 1020. The second-order valence-electron chi connectivity index (χ2n) is 6.39. The quantitative estimate of drug-likeness (QED) is 0.587. The molecule has 0 saturated carbocycles. The van der Waals surface area contributed by atoms with Crippen molar-refractivity contribution in [3.05, 3.63) is 35.7 Å². The summed E-state index contributed by atoms with van der Waals surface area (Å²) in [6.07, 6.45) is 0. The highest BCUT2D eigenvalue weighted by molar-refractivity contribution is 7.89. The zero-order valence-corrected chi connectivity index (χ0v) is 17.8. The molecule has 29 heavy (non-hydrogen) atoms. The fourth-order valence-corrected chi connectivity index (χ4v) is 5.67. The molecule has 0 radical (unpaired) electrons. The lowest BCUT2D eigenvalue weighted by molar-refractivity contribution is 0.0730. The van der Waals surface area contributed by atoms with Crippen LogP contribution < -0.4 is 9.46 Å². The number of sulfonamides is 2. The number of aromatic nitrogens is 1. The molecule has 1 saturated heterocycles. The van der Waals surface area contributed by atoms with Crippen molar-refractivity contribution >= 4 is 20.0 Å². The summed E-state index contributed by atoms with van der Waals surface area (Å²) in [6.45, 7) is 4.58. The monoisotopic (exact) mass is 445 g/mol. The molecule has 0 amide bonds. The van der Waals surface area contributed by atoms with E-state index in [0.29, 0.717) is 32.1 Å². The van der Waals surface area contributed by atoms with Gasteiger partial charge >= 0.3 is 0 Å². The lowest BCUT2D eigenvalue weighted by atomic mass is 10.3. The highest BCUT2D eigenvalue weighted by atomic mass is 32.2. The standard InChI is InChI=1S/C17H23N3O7S2/c1-13-17(14(2)27-19-13)28(21,22)18-7-10-26-15-3-5-16(6-4-15)29(23,24)20-8-11-25-12-9-20/h3-6,18H,7-12H2,1-2H3. The van der Waals surface area contributed by atoms with Crippen LogP contribution in [0.2, 0.25) is 0 Å². The minimum Gasteiger partial charge on any atom is -0.492 e. The summed E-state index contributed by atoms with van der Waals surface area (Å²) in [6, 6.07) is 6.01. The van der Waals surface area contributed by atoms with Gasteiger partial charge in [0.25, 0.3) is 0 Å². The molecule has 12 heteroatoms. The van der Waals surface area contributed by atoms with E-state index in [0.717, 1.165) is 0 Å². The van der Waals surface area contributed by atoms with Crippen molar-refractivity contribution in [2.45, 2.75) is 23.6 Å². The Labute approximate surface area is 169 Å². The average molecular weight is 446 g/mol. The maximum atomic E-state index is 12.6. The molecule has 0 aliphatic carbocycles. The molecule has 1 fully saturated rings. The van der Waals surface area contributed by atoms with Gasteiger partial charge in [-0.15, -0.1) is 0 Å². The second-order valence-corrected chi connectivity index (χ2v) is 10.0. The predicted octanol–water partition coefficient (Wildman–Crippen LogP) is 0.670. The van der Waals surface area contributed by atoms with E-state index in [1.807, 2.05) is 0 Å². The molecule has 2 aromatic rings. The fourth-order valence-electron chi connectivity index (χ4n) is 2.92. The van der Waals surface area contributed by atoms with Crippen LogP contribution >= 0.6 is 0 Å². The molecule has 1 aromatic heterocycles. The molecule has 3 rings (SSSR count). The van der Waals surface area contributed by atoms with Crippen LogP contribution in [0.5, 0.6) is 5.75 Å². The second kappa shape index (κ2) is 8.79. The molecule has 1 aliphatic rings. The van der Waals surface area contributed by atoms with Gasteiger partial charge in [0.15, 0.2) is 5.76 Å². The van der Waals surface area contributed by atoms with Gasteiger partial charge in [-0.1, -0.05) is 5.16 Å². The van der Waals surface area contributed by atoms with Gasteiger partial charge in [0, 0.05) is 19.6 Å². The Hall–Kier alpha value is -1.99. The van der Waals surface area contributed by atoms with Crippen molar-refractivity contribution in [2.24, 2.45) is 0 Å². The third kappa shape index (κ3) is 4.95. The SMILES string of the molecule is Cc1noc(C)c1S(=O)(=O)NCCOc1ccc(S(=O)(=O)N2CCOCC2)cc1. The van der Waals surface area contributed by atoms with Crippen molar-refractivity contribution in [1.82, 2.24) is 14.2 Å². The van der Waals surface area contributed by atoms with E-state index in [4.69, 9.17) is 14.0 Å². The van der Waals surface area contributed by atoms with Gasteiger partial charge < -0.3 is 14.0 Å². The van der Waals surface area contributed by atoms with Crippen LogP contribution in [0.1, 0.15) is 11.5 Å². The number of hydrogen-bond donors (Lipinski definition) is 1. The van der Waals surface area contributed by atoms with E-state index < -0.39 is 20.0 Å². The molecule has 10 nitrogen and oxygen atoms in total. The lowest BCUT2D eigenvalue weighted by Crippen LogP contribution is -2.40. The molecule has 1 aliphatic heterocycles. The van der Waals surface area contributed by atoms with Gasteiger partial charge in [-0.3, -0.25) is 0 Å². The minimum absolute atomic E-state index is 0.0233. The third-order valence-electron chi connectivity index (χ3n) is 4.33. The van der Waals surface area contributed by atoms with Crippen LogP contribution in [0.3, 0.4) is 0 Å². The third-order valence-corrected chi connectivity index (χ3v) is 7.95. The molecule has 1 aromatic carbocycles. The van der Waals surface area contributed by atoms with Gasteiger partial charge in [-0.2, -0.15) is 4.31 Å². The number of hydrogen-bond acceptors (Lipinski definition) is 8. The Kier molecular flexibility index (Phi) is 6.58. The normalized spacial score (nSPS) is 16.1. The first-order chi connectivity index (χ1) is 13.7. The molecule has 0 unspecified atom stereocenters. The predicted molar refractivity (Wildman–Crippen MR) is 103 cm³/mol. The maximum absolute atomic E-state index is 12.6. The van der Waals surface area contributed by atoms with Crippen LogP contribution in [0.15, 0.2) is 38.6 Å². The summed E-state index contributed by atoms with van der Waals surface area (Å²) in [5, 5.41) is 3.64. The molecule has 0 bridgehead atoms. The molecule has 0 atom stereocenters. The maximum Gasteiger partial charge on any atom is 0.246 e. The van der Waals surface area contributed by atoms with Crippen LogP contribution in [0, 0.1) is 13.8 Å². The summed E-state index contributed by atoms with van der Waals surface area (Å²) in [5.41, 5.74) is 0.285. The number of morpholine rings is 1. The first-order valence-electron chi connectivity index (χ1n) is 8.95. The molecule has 1 N–H and O–H groups in total. The van der Waals surface area contributed by atoms with Crippen molar-refractivity contribution in [3.63, 3.8) is 0 Å². The average Bonchev–Trinajstić information content (AvgIpc) is 3.05. The van der Waals surface area contributed by atoms with Crippen LogP contribution in [-0.2, 0) is 24.8 Å². The number of rotatable bonds is 8. The van der Waals surface area contributed by atoms with E-state index in [1.54, 1.807) is 6.92 Å². The van der Waals surface area contributed by atoms with Crippen molar-refractivity contribution in [1.29, 1.82) is 0 Å². The highest BCUT2D eigenvalue weighted by Crippen LogP contribution is 2.21. The number of nitrogens with zero attached hydrogens (tertiary/aromatic N) is 2. The molecule has 0 spiro atoms. The lowest BCUT2D eigenvalue weighted by Gasteiger charge is -2.26. The van der Waals surface area contributed by atoms with Crippen LogP contribution in [0.25, 0.3) is 0 Å². The van der Waals surface area contributed by atoms with Gasteiger partial charge in [0.1, 0.15) is 22.9 Å².